The van der Waals surface area contributed by atoms with Crippen LogP contribution in [-0.4, -0.2) is 42.0 Å². The maximum absolute atomic E-state index is 5.92. The number of hydrogen-bond donors (Lipinski definition) is 1. The van der Waals surface area contributed by atoms with Crippen LogP contribution in [0.4, 0.5) is 0 Å². The molecule has 1 fully saturated rings. The van der Waals surface area contributed by atoms with E-state index in [1.54, 1.807) is 6.26 Å². The van der Waals surface area contributed by atoms with E-state index in [0.29, 0.717) is 12.5 Å². The molecule has 1 aliphatic rings. The van der Waals surface area contributed by atoms with E-state index in [-0.39, 0.29) is 24.0 Å². The third-order valence-electron chi connectivity index (χ3n) is 2.55. The zero-order valence-corrected chi connectivity index (χ0v) is 12.8. The van der Waals surface area contributed by atoms with Crippen LogP contribution >= 0.6 is 35.7 Å². The average molecular weight is 367 g/mol. The number of hydrogen-bond acceptors (Lipinski definition) is 3. The Balaban J connectivity index is 0.00000144. The number of guanidine groups is 1. The monoisotopic (exact) mass is 367 g/mol. The first-order valence-electron chi connectivity index (χ1n) is 5.51. The summed E-state index contributed by atoms with van der Waals surface area (Å²) in [6.45, 7) is 2.73. The number of aliphatic imine (C=N–C) groups is 1. The van der Waals surface area contributed by atoms with E-state index in [9.17, 15) is 0 Å². The zero-order chi connectivity index (χ0) is 11.2. The maximum Gasteiger partial charge on any atom is 0.191 e. The number of nitrogens with zero attached hydrogens (tertiary/aromatic N) is 2. The van der Waals surface area contributed by atoms with Crippen molar-refractivity contribution in [2.75, 3.05) is 31.1 Å². The zero-order valence-electron chi connectivity index (χ0n) is 9.67. The molecule has 0 aliphatic carbocycles. The summed E-state index contributed by atoms with van der Waals surface area (Å²) in [7, 11) is 0. The standard InChI is InChI=1S/C11H17N3OS.HI/c12-11(14-5-8-16-9-6-14)13-4-3-10-2-1-7-15-10;/h1-2,7H,3-6,8-9H2,(H2,12,13);1H. The normalized spacial score (nSPS) is 16.7. The molecule has 0 spiro atoms. The van der Waals surface area contributed by atoms with E-state index < -0.39 is 0 Å². The molecule has 0 atom stereocenters. The first kappa shape index (κ1) is 14.7. The lowest BCUT2D eigenvalue weighted by molar-refractivity contribution is 0.454. The van der Waals surface area contributed by atoms with Crippen LogP contribution in [0.2, 0.25) is 0 Å². The van der Waals surface area contributed by atoms with Crippen LogP contribution in [0.15, 0.2) is 27.8 Å². The second-order valence-electron chi connectivity index (χ2n) is 3.67. The van der Waals surface area contributed by atoms with Crippen LogP contribution in [0, 0.1) is 0 Å². The summed E-state index contributed by atoms with van der Waals surface area (Å²) in [5, 5.41) is 0. The largest absolute Gasteiger partial charge is 0.469 e. The Morgan fingerprint density at radius 2 is 2.24 bits per heavy atom. The molecule has 96 valence electrons. The molecule has 0 bridgehead atoms. The number of nitrogens with two attached hydrogens (primary N) is 1. The molecule has 2 rings (SSSR count). The summed E-state index contributed by atoms with van der Waals surface area (Å²) in [4.78, 5) is 6.53. The van der Waals surface area contributed by atoms with Crippen molar-refractivity contribution in [3.63, 3.8) is 0 Å². The minimum Gasteiger partial charge on any atom is -0.469 e. The molecule has 1 saturated heterocycles. The quantitative estimate of drug-likeness (QED) is 0.503. The fourth-order valence-corrected chi connectivity index (χ4v) is 2.53. The van der Waals surface area contributed by atoms with E-state index in [2.05, 4.69) is 9.89 Å². The van der Waals surface area contributed by atoms with Crippen LogP contribution < -0.4 is 5.73 Å². The number of furan rings is 1. The highest BCUT2D eigenvalue weighted by molar-refractivity contribution is 14.0. The van der Waals surface area contributed by atoms with Gasteiger partial charge in [0.25, 0.3) is 0 Å². The summed E-state index contributed by atoms with van der Waals surface area (Å²) in [5.74, 6) is 3.93. The Bertz CT molecular complexity index is 336. The van der Waals surface area contributed by atoms with E-state index >= 15 is 0 Å². The van der Waals surface area contributed by atoms with Gasteiger partial charge in [0.2, 0.25) is 0 Å². The average Bonchev–Trinajstić information content (AvgIpc) is 2.83. The third kappa shape index (κ3) is 4.79. The van der Waals surface area contributed by atoms with Crippen molar-refractivity contribution in [3.05, 3.63) is 24.2 Å². The van der Waals surface area contributed by atoms with Crippen molar-refractivity contribution in [3.8, 4) is 0 Å². The molecule has 2 N–H and O–H groups in total. The van der Waals surface area contributed by atoms with Crippen LogP contribution in [0.5, 0.6) is 0 Å². The van der Waals surface area contributed by atoms with E-state index in [1.165, 1.54) is 0 Å². The lowest BCUT2D eigenvalue weighted by atomic mass is 10.3. The first-order valence-corrected chi connectivity index (χ1v) is 6.67. The molecule has 1 aromatic rings. The molecule has 0 saturated carbocycles. The molecule has 2 heterocycles. The summed E-state index contributed by atoms with van der Waals surface area (Å²) in [6, 6.07) is 3.85. The highest BCUT2D eigenvalue weighted by Crippen LogP contribution is 2.08. The van der Waals surface area contributed by atoms with Crippen LogP contribution in [0.25, 0.3) is 0 Å². The second-order valence-corrected chi connectivity index (χ2v) is 4.89. The Labute approximate surface area is 123 Å². The van der Waals surface area contributed by atoms with Gasteiger partial charge in [-0.3, -0.25) is 4.99 Å². The van der Waals surface area contributed by atoms with Gasteiger partial charge in [0.15, 0.2) is 5.96 Å². The molecular formula is C11H18IN3OS. The topological polar surface area (TPSA) is 54.8 Å². The molecular weight excluding hydrogens is 349 g/mol. The SMILES string of the molecule is I.NC(=NCCc1ccco1)N1CCSCC1. The molecule has 17 heavy (non-hydrogen) atoms. The van der Waals surface area contributed by atoms with E-state index in [4.69, 9.17) is 10.2 Å². The summed E-state index contributed by atoms with van der Waals surface area (Å²) in [5.41, 5.74) is 5.92. The van der Waals surface area contributed by atoms with Crippen molar-refractivity contribution in [2.24, 2.45) is 10.7 Å². The van der Waals surface area contributed by atoms with Gasteiger partial charge in [-0.05, 0) is 12.1 Å². The Kier molecular flexibility index (Phi) is 6.79. The molecule has 0 unspecified atom stereocenters. The predicted octanol–water partition coefficient (Wildman–Crippen LogP) is 1.80. The molecule has 1 aliphatic heterocycles. The lowest BCUT2D eigenvalue weighted by Gasteiger charge is -2.27. The Morgan fingerprint density at radius 1 is 1.47 bits per heavy atom. The fourth-order valence-electron chi connectivity index (χ4n) is 1.63. The Morgan fingerprint density at radius 3 is 2.88 bits per heavy atom. The van der Waals surface area contributed by atoms with Gasteiger partial charge in [0.05, 0.1) is 6.26 Å². The molecule has 0 amide bonds. The predicted molar refractivity (Wildman–Crippen MR) is 83.2 cm³/mol. The van der Waals surface area contributed by atoms with Crippen LogP contribution in [0.3, 0.4) is 0 Å². The van der Waals surface area contributed by atoms with Crippen molar-refractivity contribution in [1.82, 2.24) is 4.90 Å². The van der Waals surface area contributed by atoms with Crippen molar-refractivity contribution >= 4 is 41.7 Å². The smallest absolute Gasteiger partial charge is 0.191 e. The van der Waals surface area contributed by atoms with Gasteiger partial charge in [0.1, 0.15) is 5.76 Å². The summed E-state index contributed by atoms with van der Waals surface area (Å²) >= 11 is 1.97. The molecule has 4 nitrogen and oxygen atoms in total. The second kappa shape index (κ2) is 7.86. The van der Waals surface area contributed by atoms with Gasteiger partial charge in [-0.25, -0.2) is 0 Å². The van der Waals surface area contributed by atoms with Gasteiger partial charge in [-0.15, -0.1) is 24.0 Å². The van der Waals surface area contributed by atoms with Crippen molar-refractivity contribution < 1.29 is 4.42 Å². The van der Waals surface area contributed by atoms with Gasteiger partial charge in [-0.1, -0.05) is 0 Å². The minimum absolute atomic E-state index is 0. The van der Waals surface area contributed by atoms with Gasteiger partial charge in [-0.2, -0.15) is 11.8 Å². The number of rotatable bonds is 3. The van der Waals surface area contributed by atoms with E-state index in [1.807, 2.05) is 23.9 Å². The minimum atomic E-state index is 0. The van der Waals surface area contributed by atoms with Gasteiger partial charge < -0.3 is 15.1 Å². The van der Waals surface area contributed by atoms with Gasteiger partial charge in [0, 0.05) is 37.6 Å². The van der Waals surface area contributed by atoms with Gasteiger partial charge >= 0.3 is 0 Å². The summed E-state index contributed by atoms with van der Waals surface area (Å²) < 4.78 is 5.23. The number of halogens is 1. The van der Waals surface area contributed by atoms with Crippen LogP contribution in [0.1, 0.15) is 5.76 Å². The lowest BCUT2D eigenvalue weighted by Crippen LogP contribution is -2.42. The number of thioether (sulfide) groups is 1. The summed E-state index contributed by atoms with van der Waals surface area (Å²) in [6.07, 6.45) is 2.50. The molecule has 6 heteroatoms. The first-order chi connectivity index (χ1) is 7.86. The van der Waals surface area contributed by atoms with Crippen molar-refractivity contribution in [1.29, 1.82) is 0 Å². The fraction of sp³-hybridized carbons (Fsp3) is 0.545. The van der Waals surface area contributed by atoms with Crippen molar-refractivity contribution in [2.45, 2.75) is 6.42 Å². The van der Waals surface area contributed by atoms with Crippen LogP contribution in [-0.2, 0) is 6.42 Å². The molecule has 0 aromatic carbocycles. The molecule has 0 radical (unpaired) electrons. The highest BCUT2D eigenvalue weighted by atomic mass is 127. The highest BCUT2D eigenvalue weighted by Gasteiger charge is 2.11. The van der Waals surface area contributed by atoms with E-state index in [0.717, 1.165) is 36.8 Å². The molecule has 1 aromatic heterocycles. The Hall–Kier alpha value is -0.370. The maximum atomic E-state index is 5.92. The third-order valence-corrected chi connectivity index (χ3v) is 3.49.